The number of nitrogens with zero attached hydrogens (tertiary/aromatic N) is 3. The second-order valence-electron chi connectivity index (χ2n) is 21.9. The highest BCUT2D eigenvalue weighted by Crippen LogP contribution is 2.66. The smallest absolute Gasteiger partial charge is 0.252 e. The second kappa shape index (κ2) is 11.7. The van der Waals surface area contributed by atoms with Crippen molar-refractivity contribution in [2.75, 3.05) is 9.80 Å². The SMILES string of the molecule is Cc1cc(C)c2c(c1)N(c1cc3c4c(c1)-n1c5ccccc5c5cccc(c51)B4c1cc([Si](C)(C)C)cc4c1N3C1(C)CCCCC41c1ccccc1)C1(C)CCCCC21C. The van der Waals surface area contributed by atoms with Crippen LogP contribution in [0.4, 0.5) is 22.7 Å². The van der Waals surface area contributed by atoms with Gasteiger partial charge in [-0.25, -0.2) is 0 Å². The summed E-state index contributed by atoms with van der Waals surface area (Å²) in [7, 11) is -1.76. The Balaban J connectivity index is 1.21. The number of para-hydroxylation sites is 2. The van der Waals surface area contributed by atoms with E-state index in [9.17, 15) is 0 Å². The lowest BCUT2D eigenvalue weighted by molar-refractivity contribution is 0.194. The highest BCUT2D eigenvalue weighted by molar-refractivity contribution is 7.01. The number of fused-ring (bicyclic) bond motifs is 13. The van der Waals surface area contributed by atoms with Crippen molar-refractivity contribution in [1.29, 1.82) is 0 Å². The van der Waals surface area contributed by atoms with Crippen LogP contribution in [0.25, 0.3) is 27.5 Å². The standard InChI is InChI=1S/C56H58BN3Si/c1-35-29-36(2)49-46(30-35)59(54(4)26-15-14-25-53(49,54)3)38-31-47-50-48(32-38)60-52-42(56(37-19-10-9-11-20-37)28-17-16-27-55(56,60)5)33-39(61(6,7)8)34-44(52)57(50)43-23-18-22-41-40-21-12-13-24-45(40)58(47)51(41)43/h9-13,18-24,29-34H,14-17,25-28H2,1-8H3. The van der Waals surface area contributed by atoms with Crippen molar-refractivity contribution >= 4 is 80.9 Å². The maximum absolute atomic E-state index is 2.98. The van der Waals surface area contributed by atoms with Crippen molar-refractivity contribution in [3.63, 3.8) is 0 Å². The lowest BCUT2D eigenvalue weighted by Gasteiger charge is -2.54. The molecule has 0 radical (unpaired) electrons. The summed E-state index contributed by atoms with van der Waals surface area (Å²) in [5, 5.41) is 4.32. The Kier molecular flexibility index (Phi) is 7.04. The topological polar surface area (TPSA) is 11.4 Å². The van der Waals surface area contributed by atoms with Crippen LogP contribution in [0.15, 0.2) is 109 Å². The van der Waals surface area contributed by atoms with E-state index in [-0.39, 0.29) is 28.6 Å². The zero-order valence-corrected chi connectivity index (χ0v) is 38.5. The summed E-state index contributed by atoms with van der Waals surface area (Å²) in [5.41, 5.74) is 21.6. The maximum atomic E-state index is 2.98. The molecular formula is C56H58BN3Si. The van der Waals surface area contributed by atoms with E-state index in [2.05, 4.69) is 178 Å². The zero-order chi connectivity index (χ0) is 41.6. The molecule has 4 aliphatic heterocycles. The van der Waals surface area contributed by atoms with Crippen LogP contribution in [0, 0.1) is 13.8 Å². The summed E-state index contributed by atoms with van der Waals surface area (Å²) < 4.78 is 2.71. The van der Waals surface area contributed by atoms with Gasteiger partial charge in [0.25, 0.3) is 6.71 Å². The molecule has 304 valence electrons. The van der Waals surface area contributed by atoms with Crippen LogP contribution in [0.1, 0.15) is 100.0 Å². The average Bonchev–Trinajstić information content (AvgIpc) is 3.78. The summed E-state index contributed by atoms with van der Waals surface area (Å²) in [6, 6.07) is 44.1. The van der Waals surface area contributed by atoms with Crippen LogP contribution in [0.5, 0.6) is 0 Å². The molecule has 1 aromatic heterocycles. The van der Waals surface area contributed by atoms with E-state index >= 15 is 0 Å². The Bertz CT molecular complexity index is 3090. The molecule has 2 saturated carbocycles. The molecule has 4 atom stereocenters. The third-order valence-corrected chi connectivity index (χ3v) is 19.9. The van der Waals surface area contributed by atoms with Gasteiger partial charge in [-0.05, 0) is 122 Å². The number of anilines is 4. The molecule has 6 aromatic carbocycles. The van der Waals surface area contributed by atoms with Crippen LogP contribution in [0.2, 0.25) is 19.6 Å². The van der Waals surface area contributed by atoms with Gasteiger partial charge in [0, 0.05) is 55.6 Å². The molecule has 0 amide bonds. The Hall–Kier alpha value is -5.00. The Morgan fingerprint density at radius 1 is 0.607 bits per heavy atom. The van der Waals surface area contributed by atoms with Gasteiger partial charge in [-0.1, -0.05) is 142 Å². The molecule has 4 unspecified atom stereocenters. The molecule has 2 aliphatic carbocycles. The van der Waals surface area contributed by atoms with E-state index in [1.165, 1.54) is 128 Å². The highest BCUT2D eigenvalue weighted by Gasteiger charge is 2.65. The molecular weight excluding hydrogens is 754 g/mol. The van der Waals surface area contributed by atoms with Gasteiger partial charge >= 0.3 is 0 Å². The molecule has 0 N–H and O–H groups in total. The summed E-state index contributed by atoms with van der Waals surface area (Å²) in [6.45, 7) is 20.4. The average molecular weight is 812 g/mol. The molecule has 5 heteroatoms. The normalized spacial score (nSPS) is 26.7. The van der Waals surface area contributed by atoms with E-state index in [1.54, 1.807) is 16.3 Å². The van der Waals surface area contributed by atoms with Gasteiger partial charge in [-0.3, -0.25) is 0 Å². The summed E-state index contributed by atoms with van der Waals surface area (Å²) >= 11 is 0. The van der Waals surface area contributed by atoms with Crippen LogP contribution in [0.3, 0.4) is 0 Å². The molecule has 61 heavy (non-hydrogen) atoms. The van der Waals surface area contributed by atoms with Gasteiger partial charge in [0.2, 0.25) is 0 Å². The van der Waals surface area contributed by atoms with Crippen molar-refractivity contribution in [2.45, 2.75) is 128 Å². The fraction of sp³-hybridized carbons (Fsp3) is 0.357. The third-order valence-electron chi connectivity index (χ3n) is 17.9. The van der Waals surface area contributed by atoms with Gasteiger partial charge in [-0.15, -0.1) is 0 Å². The van der Waals surface area contributed by atoms with Gasteiger partial charge in [-0.2, -0.15) is 0 Å². The van der Waals surface area contributed by atoms with Crippen molar-refractivity contribution in [1.82, 2.24) is 4.57 Å². The number of aromatic nitrogens is 1. The molecule has 6 aliphatic rings. The predicted molar refractivity (Wildman–Crippen MR) is 263 cm³/mol. The van der Waals surface area contributed by atoms with Crippen molar-refractivity contribution < 1.29 is 0 Å². The van der Waals surface area contributed by atoms with Gasteiger partial charge < -0.3 is 14.4 Å². The van der Waals surface area contributed by atoms with Crippen LogP contribution >= 0.6 is 0 Å². The largest absolute Gasteiger partial charge is 0.335 e. The monoisotopic (exact) mass is 811 g/mol. The van der Waals surface area contributed by atoms with E-state index in [0.717, 1.165) is 6.42 Å². The van der Waals surface area contributed by atoms with Gasteiger partial charge in [0.05, 0.1) is 24.7 Å². The minimum Gasteiger partial charge on any atom is -0.335 e. The highest BCUT2D eigenvalue weighted by atomic mass is 28.3. The minimum absolute atomic E-state index is 0.0509. The summed E-state index contributed by atoms with van der Waals surface area (Å²) in [4.78, 5) is 5.86. The molecule has 0 saturated heterocycles. The Morgan fingerprint density at radius 2 is 1.31 bits per heavy atom. The summed E-state index contributed by atoms with van der Waals surface area (Å²) in [5.74, 6) is 0. The summed E-state index contributed by atoms with van der Waals surface area (Å²) in [6.07, 6.45) is 9.82. The van der Waals surface area contributed by atoms with Crippen molar-refractivity contribution in [3.05, 3.63) is 137 Å². The lowest BCUT2D eigenvalue weighted by atomic mass is 9.33. The third kappa shape index (κ3) is 4.19. The lowest BCUT2D eigenvalue weighted by Crippen LogP contribution is -2.65. The van der Waals surface area contributed by atoms with Crippen LogP contribution in [-0.2, 0) is 10.8 Å². The first kappa shape index (κ1) is 36.6. The van der Waals surface area contributed by atoms with Crippen LogP contribution in [-0.4, -0.2) is 30.4 Å². The number of benzene rings is 6. The first-order valence-corrected chi connectivity index (χ1v) is 27.0. The molecule has 2 fully saturated rings. The van der Waals surface area contributed by atoms with E-state index in [0.29, 0.717) is 0 Å². The van der Waals surface area contributed by atoms with Gasteiger partial charge in [0.15, 0.2) is 0 Å². The van der Waals surface area contributed by atoms with E-state index in [4.69, 9.17) is 0 Å². The van der Waals surface area contributed by atoms with Crippen LogP contribution < -0.4 is 31.4 Å². The first-order valence-electron chi connectivity index (χ1n) is 23.5. The molecule has 7 aromatic rings. The molecule has 0 spiro atoms. The maximum Gasteiger partial charge on any atom is 0.252 e. The zero-order valence-electron chi connectivity index (χ0n) is 37.5. The van der Waals surface area contributed by atoms with E-state index in [1.807, 2.05) is 0 Å². The predicted octanol–water partition coefficient (Wildman–Crippen LogP) is 11.6. The molecule has 5 heterocycles. The molecule has 0 bridgehead atoms. The van der Waals surface area contributed by atoms with Crippen molar-refractivity contribution in [3.8, 4) is 5.69 Å². The fourth-order valence-corrected chi connectivity index (χ4v) is 16.3. The fourth-order valence-electron chi connectivity index (χ4n) is 15.1. The molecule has 13 rings (SSSR count). The minimum atomic E-state index is -1.76. The number of aryl methyl sites for hydroxylation is 2. The number of rotatable bonds is 3. The number of hydrogen-bond donors (Lipinski definition) is 0. The Morgan fingerprint density at radius 3 is 2.11 bits per heavy atom. The van der Waals surface area contributed by atoms with Gasteiger partial charge in [0.1, 0.15) is 0 Å². The Labute approximate surface area is 363 Å². The van der Waals surface area contributed by atoms with Crippen molar-refractivity contribution in [2.24, 2.45) is 0 Å². The first-order chi connectivity index (χ1) is 29.3. The number of hydrogen-bond acceptors (Lipinski definition) is 2. The molecule has 3 nitrogen and oxygen atoms in total. The van der Waals surface area contributed by atoms with E-state index < -0.39 is 8.07 Å². The quantitative estimate of drug-likeness (QED) is 0.165. The second-order valence-corrected chi connectivity index (χ2v) is 26.9.